The fourth-order valence-corrected chi connectivity index (χ4v) is 2.69. The summed E-state index contributed by atoms with van der Waals surface area (Å²) >= 11 is 0. The van der Waals surface area contributed by atoms with Gasteiger partial charge in [-0.1, -0.05) is 0 Å². The van der Waals surface area contributed by atoms with Gasteiger partial charge in [0.1, 0.15) is 0 Å². The third-order valence-electron chi connectivity index (χ3n) is 3.83. The first kappa shape index (κ1) is 14.1. The lowest BCUT2D eigenvalue weighted by Crippen LogP contribution is -2.34. The van der Waals surface area contributed by atoms with Crippen LogP contribution >= 0.6 is 0 Å². The maximum atomic E-state index is 12.4. The lowest BCUT2D eigenvalue weighted by atomic mass is 9.82. The van der Waals surface area contributed by atoms with E-state index in [1.54, 1.807) is 0 Å². The van der Waals surface area contributed by atoms with Crippen LogP contribution in [0.1, 0.15) is 29.6 Å². The van der Waals surface area contributed by atoms with Gasteiger partial charge in [0.05, 0.1) is 16.8 Å². The Hall–Kier alpha value is -2.83. The molecule has 7 nitrogen and oxygen atoms in total. The number of aromatic amines is 2. The molecule has 7 heteroatoms. The third kappa shape index (κ3) is 2.30. The molecule has 1 heterocycles. The number of carbonyl (C=O) groups excluding carboxylic acids is 3. The highest BCUT2D eigenvalue weighted by molar-refractivity contribution is 6.42. The van der Waals surface area contributed by atoms with E-state index in [0.29, 0.717) is 18.4 Å². The number of carbonyl (C=O) groups is 3. The van der Waals surface area contributed by atoms with E-state index in [-0.39, 0.29) is 17.4 Å². The van der Waals surface area contributed by atoms with Crippen molar-refractivity contribution in [2.24, 2.45) is 5.92 Å². The Balaban J connectivity index is 2.05. The first-order valence-corrected chi connectivity index (χ1v) is 6.85. The quantitative estimate of drug-likeness (QED) is 0.471. The SMILES string of the molecule is O=C1CCCC(C(=O)c2ccc3[nH]c(=O)[nH]c(=O)c3c2)C1=O. The lowest BCUT2D eigenvalue weighted by molar-refractivity contribution is -0.139. The molecule has 1 unspecified atom stereocenters. The van der Waals surface area contributed by atoms with Gasteiger partial charge in [0.15, 0.2) is 11.6 Å². The third-order valence-corrected chi connectivity index (χ3v) is 3.83. The smallest absolute Gasteiger partial charge is 0.307 e. The molecule has 1 aromatic heterocycles. The number of hydrogen-bond donors (Lipinski definition) is 2. The molecule has 0 radical (unpaired) electrons. The Morgan fingerprint density at radius 3 is 2.64 bits per heavy atom. The number of benzene rings is 1. The predicted octanol–water partition coefficient (Wildman–Crippen LogP) is 0.337. The molecule has 1 fully saturated rings. The summed E-state index contributed by atoms with van der Waals surface area (Å²) < 4.78 is 0. The summed E-state index contributed by atoms with van der Waals surface area (Å²) in [6.45, 7) is 0. The number of rotatable bonds is 2. The molecule has 2 aromatic rings. The number of H-pyrrole nitrogens is 2. The van der Waals surface area contributed by atoms with Gasteiger partial charge >= 0.3 is 5.69 Å². The molecule has 0 spiro atoms. The maximum absolute atomic E-state index is 12.4. The first-order valence-electron chi connectivity index (χ1n) is 6.85. The number of ketones is 3. The summed E-state index contributed by atoms with van der Waals surface area (Å²) in [6.07, 6.45) is 1.02. The average molecular weight is 300 g/mol. The van der Waals surface area contributed by atoms with Crippen LogP contribution in [0.5, 0.6) is 0 Å². The van der Waals surface area contributed by atoms with E-state index < -0.39 is 34.5 Å². The number of aromatic nitrogens is 2. The Morgan fingerprint density at radius 1 is 1.09 bits per heavy atom. The van der Waals surface area contributed by atoms with Crippen LogP contribution in [0.25, 0.3) is 10.9 Å². The van der Waals surface area contributed by atoms with Crippen molar-refractivity contribution in [3.8, 4) is 0 Å². The van der Waals surface area contributed by atoms with Crippen LogP contribution in [0, 0.1) is 5.92 Å². The number of nitrogens with one attached hydrogen (secondary N) is 2. The molecule has 0 saturated heterocycles. The van der Waals surface area contributed by atoms with E-state index in [9.17, 15) is 24.0 Å². The van der Waals surface area contributed by atoms with Crippen molar-refractivity contribution in [2.45, 2.75) is 19.3 Å². The van der Waals surface area contributed by atoms with Crippen LogP contribution in [0.3, 0.4) is 0 Å². The number of hydrogen-bond acceptors (Lipinski definition) is 5. The fourth-order valence-electron chi connectivity index (χ4n) is 2.69. The van der Waals surface area contributed by atoms with Crippen molar-refractivity contribution in [1.82, 2.24) is 9.97 Å². The van der Waals surface area contributed by atoms with Crippen molar-refractivity contribution in [3.63, 3.8) is 0 Å². The summed E-state index contributed by atoms with van der Waals surface area (Å²) in [7, 11) is 0. The molecule has 3 rings (SSSR count). The zero-order chi connectivity index (χ0) is 15.9. The molecule has 112 valence electrons. The normalized spacial score (nSPS) is 18.6. The van der Waals surface area contributed by atoms with Crippen LogP contribution in [0.2, 0.25) is 0 Å². The van der Waals surface area contributed by atoms with E-state index in [4.69, 9.17) is 0 Å². The van der Waals surface area contributed by atoms with E-state index in [2.05, 4.69) is 9.97 Å². The molecule has 0 bridgehead atoms. The second kappa shape index (κ2) is 5.18. The van der Waals surface area contributed by atoms with Gasteiger partial charge in [0.25, 0.3) is 5.56 Å². The second-order valence-electron chi connectivity index (χ2n) is 5.27. The topological polar surface area (TPSA) is 117 Å². The van der Waals surface area contributed by atoms with Crippen LogP contribution < -0.4 is 11.2 Å². The Kier molecular flexibility index (Phi) is 3.32. The summed E-state index contributed by atoms with van der Waals surface area (Å²) in [5.41, 5.74) is -0.765. The summed E-state index contributed by atoms with van der Waals surface area (Å²) in [4.78, 5) is 63.2. The van der Waals surface area contributed by atoms with Gasteiger partial charge in [-0.25, -0.2) is 4.79 Å². The molecule has 2 N–H and O–H groups in total. The predicted molar refractivity (Wildman–Crippen MR) is 76.9 cm³/mol. The summed E-state index contributed by atoms with van der Waals surface area (Å²) in [5.74, 6) is -2.62. The zero-order valence-corrected chi connectivity index (χ0v) is 11.5. The first-order chi connectivity index (χ1) is 10.5. The minimum atomic E-state index is -0.972. The molecular weight excluding hydrogens is 288 g/mol. The van der Waals surface area contributed by atoms with Gasteiger partial charge in [-0.05, 0) is 31.0 Å². The highest BCUT2D eigenvalue weighted by Crippen LogP contribution is 2.23. The largest absolute Gasteiger partial charge is 0.326 e. The van der Waals surface area contributed by atoms with E-state index in [1.807, 2.05) is 0 Å². The summed E-state index contributed by atoms with van der Waals surface area (Å²) in [5, 5.41) is 0.153. The monoisotopic (exact) mass is 300 g/mol. The molecule has 0 aliphatic heterocycles. The van der Waals surface area contributed by atoms with Crippen molar-refractivity contribution in [1.29, 1.82) is 0 Å². The molecule has 1 aromatic carbocycles. The van der Waals surface area contributed by atoms with Gasteiger partial charge in [0.2, 0.25) is 5.78 Å². The van der Waals surface area contributed by atoms with Gasteiger partial charge < -0.3 is 4.98 Å². The average Bonchev–Trinajstić information content (AvgIpc) is 2.49. The van der Waals surface area contributed by atoms with Crippen molar-refractivity contribution < 1.29 is 14.4 Å². The van der Waals surface area contributed by atoms with Gasteiger partial charge in [-0.15, -0.1) is 0 Å². The molecule has 1 aliphatic rings. The van der Waals surface area contributed by atoms with Crippen LogP contribution in [0.15, 0.2) is 27.8 Å². The minimum absolute atomic E-state index is 0.153. The summed E-state index contributed by atoms with van der Waals surface area (Å²) in [6, 6.07) is 4.21. The minimum Gasteiger partial charge on any atom is -0.307 e. The van der Waals surface area contributed by atoms with Crippen LogP contribution in [-0.4, -0.2) is 27.3 Å². The molecular formula is C15H12N2O5. The van der Waals surface area contributed by atoms with Crippen molar-refractivity contribution in [3.05, 3.63) is 44.6 Å². The standard InChI is InChI=1S/C15H12N2O5/c18-11-3-1-2-8(13(11)20)12(19)7-4-5-10-9(6-7)14(21)17-15(22)16-10/h4-6,8H,1-3H2,(H2,16,17,21,22). The van der Waals surface area contributed by atoms with Crippen LogP contribution in [0.4, 0.5) is 0 Å². The molecule has 22 heavy (non-hydrogen) atoms. The van der Waals surface area contributed by atoms with Crippen molar-refractivity contribution >= 4 is 28.3 Å². The molecule has 1 aliphatic carbocycles. The fraction of sp³-hybridized carbons (Fsp3) is 0.267. The van der Waals surface area contributed by atoms with E-state index in [0.717, 1.165) is 0 Å². The van der Waals surface area contributed by atoms with Gasteiger partial charge in [0, 0.05) is 12.0 Å². The second-order valence-corrected chi connectivity index (χ2v) is 5.27. The molecule has 1 saturated carbocycles. The van der Waals surface area contributed by atoms with Crippen LogP contribution in [-0.2, 0) is 9.59 Å². The molecule has 1 atom stereocenters. The van der Waals surface area contributed by atoms with Gasteiger partial charge in [-0.2, -0.15) is 0 Å². The Bertz CT molecular complexity index is 921. The maximum Gasteiger partial charge on any atom is 0.326 e. The number of Topliss-reactive ketones (excluding diaryl/α,β-unsaturated/α-hetero) is 3. The van der Waals surface area contributed by atoms with E-state index >= 15 is 0 Å². The molecule has 0 amide bonds. The zero-order valence-electron chi connectivity index (χ0n) is 11.5. The lowest BCUT2D eigenvalue weighted by Gasteiger charge is -2.18. The highest BCUT2D eigenvalue weighted by atomic mass is 16.2. The van der Waals surface area contributed by atoms with Crippen molar-refractivity contribution in [2.75, 3.05) is 0 Å². The van der Waals surface area contributed by atoms with E-state index in [1.165, 1.54) is 18.2 Å². The highest BCUT2D eigenvalue weighted by Gasteiger charge is 2.35. The Labute approximate surface area is 123 Å². The number of fused-ring (bicyclic) bond motifs is 1. The van der Waals surface area contributed by atoms with Gasteiger partial charge in [-0.3, -0.25) is 24.2 Å². The Morgan fingerprint density at radius 2 is 1.86 bits per heavy atom.